The van der Waals surface area contributed by atoms with Gasteiger partial charge in [0.25, 0.3) is 5.91 Å². The van der Waals surface area contributed by atoms with Gasteiger partial charge in [0, 0.05) is 41.6 Å². The Labute approximate surface area is 246 Å². The van der Waals surface area contributed by atoms with Crippen molar-refractivity contribution in [2.24, 2.45) is 0 Å². The summed E-state index contributed by atoms with van der Waals surface area (Å²) in [5, 5.41) is 3.34. The van der Waals surface area contributed by atoms with Crippen molar-refractivity contribution in [1.82, 2.24) is 20.1 Å². The number of alkyl halides is 1. The van der Waals surface area contributed by atoms with Gasteiger partial charge in [0.15, 0.2) is 0 Å². The molecule has 3 amide bonds. The highest BCUT2D eigenvalue weighted by atomic mass is 32.1. The number of hydrogen-bond acceptors (Lipinski definition) is 6. The third kappa shape index (κ3) is 5.25. The fourth-order valence-electron chi connectivity index (χ4n) is 6.55. The number of hydrogen-bond donors (Lipinski definition) is 3. The van der Waals surface area contributed by atoms with E-state index in [0.29, 0.717) is 34.3 Å². The number of thiophene rings is 1. The SMILES string of the molecule is CC1C(c2cccnc2)CN1C(=O)[C@@H]1CC[C@@H]2CCC[C@H](NC(=O)c3cc4cc(C(F)P(=O)(O)O)ccc4s3)C(=O)N21. The van der Waals surface area contributed by atoms with Crippen LogP contribution in [0.15, 0.2) is 48.8 Å². The van der Waals surface area contributed by atoms with Crippen molar-refractivity contribution < 1.29 is 33.1 Å². The van der Waals surface area contributed by atoms with Gasteiger partial charge < -0.3 is 24.9 Å². The summed E-state index contributed by atoms with van der Waals surface area (Å²) in [6.07, 6.45) is 6.86. The van der Waals surface area contributed by atoms with Crippen molar-refractivity contribution in [1.29, 1.82) is 0 Å². The van der Waals surface area contributed by atoms with Crippen LogP contribution in [-0.4, -0.2) is 73.0 Å². The lowest BCUT2D eigenvalue weighted by Crippen LogP contribution is -2.62. The minimum Gasteiger partial charge on any atom is -0.340 e. The lowest BCUT2D eigenvalue weighted by Gasteiger charge is -2.48. The zero-order chi connectivity index (χ0) is 29.8. The predicted molar refractivity (Wildman–Crippen MR) is 155 cm³/mol. The number of carbonyl (C=O) groups excluding carboxylic acids is 3. The van der Waals surface area contributed by atoms with Gasteiger partial charge >= 0.3 is 7.60 Å². The molecule has 0 aliphatic carbocycles. The molecule has 3 saturated heterocycles. The summed E-state index contributed by atoms with van der Waals surface area (Å²) in [6.45, 7) is 2.60. The Balaban J connectivity index is 1.15. The van der Waals surface area contributed by atoms with Crippen LogP contribution in [0.1, 0.15) is 71.7 Å². The monoisotopic (exact) mass is 614 g/mol. The molecule has 1 aromatic carbocycles. The number of amides is 3. The average molecular weight is 615 g/mol. The van der Waals surface area contributed by atoms with Crippen molar-refractivity contribution in [3.8, 4) is 0 Å². The van der Waals surface area contributed by atoms with Gasteiger partial charge in [-0.3, -0.25) is 23.9 Å². The summed E-state index contributed by atoms with van der Waals surface area (Å²) in [6, 6.07) is 8.20. The van der Waals surface area contributed by atoms with Crippen LogP contribution >= 0.6 is 18.9 Å². The fraction of sp³-hybridized carbons (Fsp3) is 0.448. The summed E-state index contributed by atoms with van der Waals surface area (Å²) < 4.78 is 26.2. The number of aromatic nitrogens is 1. The van der Waals surface area contributed by atoms with Crippen LogP contribution in [0.3, 0.4) is 0 Å². The maximum absolute atomic E-state index is 14.2. The van der Waals surface area contributed by atoms with E-state index in [9.17, 15) is 33.1 Å². The molecule has 3 aliphatic rings. The maximum Gasteiger partial charge on any atom is 0.363 e. The third-order valence-corrected chi connectivity index (χ3v) is 10.9. The molecule has 6 rings (SSSR count). The Kier molecular flexibility index (Phi) is 7.67. The highest BCUT2D eigenvalue weighted by Gasteiger charge is 2.49. The molecule has 3 aliphatic heterocycles. The molecule has 2 aromatic heterocycles. The van der Waals surface area contributed by atoms with Crippen molar-refractivity contribution in [3.63, 3.8) is 0 Å². The molecule has 3 fully saturated rings. The summed E-state index contributed by atoms with van der Waals surface area (Å²) in [4.78, 5) is 67.2. The highest BCUT2D eigenvalue weighted by Crippen LogP contribution is 2.53. The van der Waals surface area contributed by atoms with Crippen LogP contribution < -0.4 is 5.32 Å². The number of pyridine rings is 1. The summed E-state index contributed by atoms with van der Waals surface area (Å²) in [7, 11) is -4.97. The second-order valence-corrected chi connectivity index (χ2v) is 14.1. The first-order valence-electron chi connectivity index (χ1n) is 14.1. The summed E-state index contributed by atoms with van der Waals surface area (Å²) in [5.41, 5.74) is 0.925. The van der Waals surface area contributed by atoms with E-state index in [-0.39, 0.29) is 35.4 Å². The van der Waals surface area contributed by atoms with Gasteiger partial charge in [-0.25, -0.2) is 4.39 Å². The minimum atomic E-state index is -4.97. The topological polar surface area (TPSA) is 140 Å². The Morgan fingerprint density at radius 1 is 1.17 bits per heavy atom. The van der Waals surface area contributed by atoms with Gasteiger partial charge in [0.05, 0.1) is 4.88 Å². The summed E-state index contributed by atoms with van der Waals surface area (Å²) >= 11 is 1.15. The van der Waals surface area contributed by atoms with Gasteiger partial charge in [0.2, 0.25) is 17.7 Å². The molecule has 0 bridgehead atoms. The molecule has 13 heteroatoms. The van der Waals surface area contributed by atoms with Gasteiger partial charge in [-0.2, -0.15) is 0 Å². The first-order chi connectivity index (χ1) is 20.0. The zero-order valence-corrected chi connectivity index (χ0v) is 24.6. The van der Waals surface area contributed by atoms with E-state index in [1.807, 2.05) is 30.2 Å². The zero-order valence-electron chi connectivity index (χ0n) is 22.9. The lowest BCUT2D eigenvalue weighted by molar-refractivity contribution is -0.151. The number of halogens is 1. The van der Waals surface area contributed by atoms with E-state index in [0.717, 1.165) is 36.2 Å². The number of fused-ring (bicyclic) bond motifs is 2. The minimum absolute atomic E-state index is 0.00109. The van der Waals surface area contributed by atoms with E-state index in [2.05, 4.69) is 10.3 Å². The van der Waals surface area contributed by atoms with Crippen LogP contribution in [0, 0.1) is 0 Å². The molecular weight excluding hydrogens is 582 g/mol. The van der Waals surface area contributed by atoms with Gasteiger partial charge in [-0.15, -0.1) is 11.3 Å². The van der Waals surface area contributed by atoms with Crippen LogP contribution in [0.5, 0.6) is 0 Å². The molecule has 3 unspecified atom stereocenters. The van der Waals surface area contributed by atoms with Crippen LogP contribution in [0.2, 0.25) is 0 Å². The molecule has 42 heavy (non-hydrogen) atoms. The Morgan fingerprint density at radius 3 is 2.69 bits per heavy atom. The van der Waals surface area contributed by atoms with E-state index in [1.54, 1.807) is 11.1 Å². The van der Waals surface area contributed by atoms with E-state index in [4.69, 9.17) is 0 Å². The third-order valence-electron chi connectivity index (χ3n) is 8.87. The quantitative estimate of drug-likeness (QED) is 0.355. The molecule has 0 saturated carbocycles. The number of rotatable bonds is 6. The second kappa shape index (κ2) is 11.1. The van der Waals surface area contributed by atoms with E-state index in [1.165, 1.54) is 24.3 Å². The summed E-state index contributed by atoms with van der Waals surface area (Å²) in [5.74, 6) is -3.00. The smallest absolute Gasteiger partial charge is 0.340 e. The Bertz CT molecular complexity index is 1580. The fourth-order valence-corrected chi connectivity index (χ4v) is 8.05. The number of nitrogens with one attached hydrogen (secondary N) is 1. The lowest BCUT2D eigenvalue weighted by atomic mass is 9.83. The van der Waals surface area contributed by atoms with Crippen LogP contribution in [-0.2, 0) is 14.2 Å². The van der Waals surface area contributed by atoms with Gasteiger partial charge in [-0.05, 0) is 79.8 Å². The number of benzene rings is 1. The predicted octanol–water partition coefficient (Wildman–Crippen LogP) is 4.10. The number of carbonyl (C=O) groups is 3. The molecule has 0 spiro atoms. The average Bonchev–Trinajstić information content (AvgIpc) is 3.55. The number of nitrogens with zero attached hydrogens (tertiary/aromatic N) is 3. The van der Waals surface area contributed by atoms with Crippen molar-refractivity contribution >= 4 is 46.7 Å². The molecule has 5 heterocycles. The van der Waals surface area contributed by atoms with E-state index >= 15 is 0 Å². The first-order valence-corrected chi connectivity index (χ1v) is 16.6. The maximum atomic E-state index is 14.2. The molecule has 6 atom stereocenters. The molecule has 222 valence electrons. The van der Waals surface area contributed by atoms with Crippen molar-refractivity contribution in [3.05, 3.63) is 64.8 Å². The highest BCUT2D eigenvalue weighted by molar-refractivity contribution is 7.51. The van der Waals surface area contributed by atoms with Crippen molar-refractivity contribution in [2.75, 3.05) is 6.54 Å². The second-order valence-electron chi connectivity index (χ2n) is 11.4. The van der Waals surface area contributed by atoms with E-state index < -0.39 is 31.5 Å². The standard InChI is InChI=1S/C29H32FN4O6PS/c1-16-21(18-4-3-11-31-14-18)15-33(16)29(37)23-9-8-20-5-2-6-22(28(36)34(20)23)32-27(35)25-13-19-12-17(7-10-24(19)42-25)26(30)41(38,39)40/h3-4,7,10-14,16,20-23,26H,2,5-6,8-9,15H2,1H3,(H,32,35)(H2,38,39,40)/t16?,20-,21?,22-,23-,26?/m0/s1. The molecule has 3 aromatic rings. The molecular formula is C29H32FN4O6PS. The first kappa shape index (κ1) is 28.9. The normalized spacial score (nSPS) is 26.9. The number of likely N-dealkylation sites (tertiary alicyclic amines) is 1. The van der Waals surface area contributed by atoms with Crippen LogP contribution in [0.25, 0.3) is 10.1 Å². The largest absolute Gasteiger partial charge is 0.363 e. The van der Waals surface area contributed by atoms with Gasteiger partial charge in [-0.1, -0.05) is 12.1 Å². The Hall–Kier alpha value is -3.18. The molecule has 0 radical (unpaired) electrons. The van der Waals surface area contributed by atoms with Gasteiger partial charge in [0.1, 0.15) is 12.1 Å². The Morgan fingerprint density at radius 2 is 1.98 bits per heavy atom. The van der Waals surface area contributed by atoms with Crippen molar-refractivity contribution in [2.45, 2.75) is 75.0 Å². The molecule has 10 nitrogen and oxygen atoms in total. The van der Waals surface area contributed by atoms with Crippen LogP contribution in [0.4, 0.5) is 4.39 Å². The molecule has 3 N–H and O–H groups in total.